The number of rotatable bonds is 3. The van der Waals surface area contributed by atoms with E-state index in [1.54, 1.807) is 24.7 Å². The van der Waals surface area contributed by atoms with Gasteiger partial charge in [0, 0.05) is 35.8 Å². The fourth-order valence-electron chi connectivity index (χ4n) is 4.58. The van der Waals surface area contributed by atoms with Gasteiger partial charge in [-0.05, 0) is 48.4 Å². The van der Waals surface area contributed by atoms with Crippen LogP contribution in [0.2, 0.25) is 0 Å². The molecule has 4 atom stereocenters. The molecule has 6 nitrogen and oxygen atoms in total. The second-order valence-corrected chi connectivity index (χ2v) is 7.97. The van der Waals surface area contributed by atoms with Crippen molar-refractivity contribution in [3.05, 3.63) is 49.1 Å². The molecule has 0 radical (unpaired) electrons. The van der Waals surface area contributed by atoms with E-state index in [0.29, 0.717) is 28.7 Å². The highest BCUT2D eigenvalue weighted by atomic mass is 19.1. The molecule has 2 N–H and O–H groups in total. The van der Waals surface area contributed by atoms with Gasteiger partial charge in [-0.2, -0.15) is 0 Å². The minimum Gasteiger partial charge on any atom is -0.507 e. The zero-order valence-corrected chi connectivity index (χ0v) is 15.9. The van der Waals surface area contributed by atoms with Crippen LogP contribution in [0, 0.1) is 5.92 Å². The summed E-state index contributed by atoms with van der Waals surface area (Å²) in [4.78, 5) is 8.44. The minimum absolute atomic E-state index is 0.0638. The van der Waals surface area contributed by atoms with Gasteiger partial charge in [0.25, 0.3) is 0 Å². The third-order valence-corrected chi connectivity index (χ3v) is 6.16. The van der Waals surface area contributed by atoms with E-state index in [0.717, 1.165) is 36.5 Å². The zero-order chi connectivity index (χ0) is 20.0. The van der Waals surface area contributed by atoms with Crippen LogP contribution in [0.1, 0.15) is 31.4 Å². The van der Waals surface area contributed by atoms with E-state index < -0.39 is 6.17 Å². The Hall–Kier alpha value is -2.93. The lowest BCUT2D eigenvalue weighted by atomic mass is 9.75. The predicted octanol–water partition coefficient (Wildman–Crippen LogP) is 3.67. The van der Waals surface area contributed by atoms with Crippen molar-refractivity contribution in [1.29, 1.82) is 0 Å². The second kappa shape index (κ2) is 7.15. The molecule has 7 heteroatoms. The van der Waals surface area contributed by atoms with Gasteiger partial charge in [0.1, 0.15) is 17.6 Å². The zero-order valence-electron chi connectivity index (χ0n) is 15.9. The molecule has 0 spiro atoms. The molecular weight excluding hydrogens is 369 g/mol. The van der Waals surface area contributed by atoms with Gasteiger partial charge < -0.3 is 10.4 Å². The highest BCUT2D eigenvalue weighted by Gasteiger charge is 2.41. The summed E-state index contributed by atoms with van der Waals surface area (Å²) in [5.74, 6) is 0.112. The molecule has 148 valence electrons. The maximum atomic E-state index is 15.0. The first-order valence-corrected chi connectivity index (χ1v) is 9.96. The number of nitrogens with one attached hydrogen (secondary N) is 1. The molecule has 2 aliphatic rings. The molecule has 5 rings (SSSR count). The van der Waals surface area contributed by atoms with E-state index in [9.17, 15) is 9.50 Å². The van der Waals surface area contributed by atoms with Crippen LogP contribution in [0.25, 0.3) is 27.7 Å². The summed E-state index contributed by atoms with van der Waals surface area (Å²) < 4.78 is 15.0. The minimum atomic E-state index is -0.973. The summed E-state index contributed by atoms with van der Waals surface area (Å²) in [5, 5.41) is 24.0. The lowest BCUT2D eigenvalue weighted by molar-refractivity contribution is 0.0982. The Labute approximate surface area is 167 Å². The largest absolute Gasteiger partial charge is 0.507 e. The first-order valence-electron chi connectivity index (χ1n) is 9.96. The smallest absolute Gasteiger partial charge is 0.185 e. The van der Waals surface area contributed by atoms with Crippen molar-refractivity contribution in [2.45, 2.75) is 43.9 Å². The average molecular weight is 391 g/mol. The predicted molar refractivity (Wildman–Crippen MR) is 109 cm³/mol. The average Bonchev–Trinajstić information content (AvgIpc) is 2.76. The maximum Gasteiger partial charge on any atom is 0.185 e. The van der Waals surface area contributed by atoms with Gasteiger partial charge in [-0.15, -0.1) is 10.2 Å². The van der Waals surface area contributed by atoms with Crippen LogP contribution in [0.15, 0.2) is 43.4 Å². The number of phenolic OH excluding ortho intramolecular Hbond substituents is 1. The lowest BCUT2D eigenvalue weighted by Crippen LogP contribution is -2.55. The molecule has 0 unspecified atom stereocenters. The molecular formula is C22H22FN5O. The number of nitrogens with zero attached hydrogens (tertiary/aromatic N) is 4. The highest BCUT2D eigenvalue weighted by Crippen LogP contribution is 2.38. The lowest BCUT2D eigenvalue weighted by Gasteiger charge is -2.43. The number of phenols is 1. The Morgan fingerprint density at radius 2 is 2.07 bits per heavy atom. The Morgan fingerprint density at radius 3 is 2.90 bits per heavy atom. The number of hydrogen-bond donors (Lipinski definition) is 2. The number of piperidine rings is 2. The fraction of sp³-hybridized carbons (Fsp3) is 0.364. The normalized spacial score (nSPS) is 26.4. The van der Waals surface area contributed by atoms with E-state index in [1.807, 2.05) is 12.1 Å². The number of hydrogen-bond acceptors (Lipinski definition) is 6. The maximum absolute atomic E-state index is 15.0. The number of aromatic hydroxyl groups is 1. The standard InChI is InChI=1S/C22H22FN5O/c1-12(16-9-15-3-2-4-18(26-15)21(16)23)19-11-25-22(28-27-19)17-7-13-5-6-24-10-14(13)8-20(17)29/h5-8,10-11,15-16,18,21,26,29H,1-4,9H2/t15-,16+,18+,21+/m1/s1. The summed E-state index contributed by atoms with van der Waals surface area (Å²) in [6, 6.07) is 5.54. The fourth-order valence-corrected chi connectivity index (χ4v) is 4.58. The second-order valence-electron chi connectivity index (χ2n) is 7.97. The first-order chi connectivity index (χ1) is 14.1. The topological polar surface area (TPSA) is 83.8 Å². The molecule has 2 aliphatic heterocycles. The molecule has 2 aromatic heterocycles. The van der Waals surface area contributed by atoms with Gasteiger partial charge in [0.05, 0.1) is 11.8 Å². The van der Waals surface area contributed by atoms with E-state index >= 15 is 0 Å². The Balaban J connectivity index is 1.42. The van der Waals surface area contributed by atoms with Crippen LogP contribution in [-0.2, 0) is 0 Å². The molecule has 1 aromatic carbocycles. The summed E-state index contributed by atoms with van der Waals surface area (Å²) in [6.45, 7) is 4.12. The Kier molecular flexibility index (Phi) is 4.47. The van der Waals surface area contributed by atoms with Crippen molar-refractivity contribution in [3.8, 4) is 17.1 Å². The van der Waals surface area contributed by atoms with Crippen LogP contribution < -0.4 is 5.32 Å². The summed E-state index contributed by atoms with van der Waals surface area (Å²) in [7, 11) is 0. The third-order valence-electron chi connectivity index (χ3n) is 6.16. The number of alkyl halides is 1. The van der Waals surface area contributed by atoms with Crippen molar-refractivity contribution >= 4 is 16.3 Å². The van der Waals surface area contributed by atoms with E-state index in [-0.39, 0.29) is 17.7 Å². The van der Waals surface area contributed by atoms with Gasteiger partial charge in [0.15, 0.2) is 5.82 Å². The monoisotopic (exact) mass is 391 g/mol. The van der Waals surface area contributed by atoms with E-state index in [2.05, 4.69) is 32.1 Å². The third kappa shape index (κ3) is 3.25. The van der Waals surface area contributed by atoms with Crippen LogP contribution in [0.4, 0.5) is 4.39 Å². The van der Waals surface area contributed by atoms with Gasteiger partial charge >= 0.3 is 0 Å². The molecule has 0 aliphatic carbocycles. The number of aromatic nitrogens is 4. The van der Waals surface area contributed by atoms with Crippen molar-refractivity contribution < 1.29 is 9.50 Å². The number of pyridine rings is 1. The first kappa shape index (κ1) is 18.1. The molecule has 2 saturated heterocycles. The highest BCUT2D eigenvalue weighted by molar-refractivity contribution is 5.88. The van der Waals surface area contributed by atoms with Crippen LogP contribution in [-0.4, -0.2) is 43.5 Å². The molecule has 2 bridgehead atoms. The number of halogens is 1. The van der Waals surface area contributed by atoms with Gasteiger partial charge in [-0.25, -0.2) is 9.37 Å². The number of fused-ring (bicyclic) bond motifs is 3. The van der Waals surface area contributed by atoms with Crippen molar-refractivity contribution in [2.24, 2.45) is 5.92 Å². The van der Waals surface area contributed by atoms with Crippen LogP contribution >= 0.6 is 0 Å². The van der Waals surface area contributed by atoms with E-state index in [1.165, 1.54) is 0 Å². The molecule has 29 heavy (non-hydrogen) atoms. The molecule has 4 heterocycles. The van der Waals surface area contributed by atoms with E-state index in [4.69, 9.17) is 0 Å². The summed E-state index contributed by atoms with van der Waals surface area (Å²) in [5.41, 5.74) is 1.65. The quantitative estimate of drug-likeness (QED) is 0.709. The van der Waals surface area contributed by atoms with Gasteiger partial charge in [-0.3, -0.25) is 4.98 Å². The number of allylic oxidation sites excluding steroid dienone is 1. The van der Waals surface area contributed by atoms with Crippen molar-refractivity contribution in [3.63, 3.8) is 0 Å². The van der Waals surface area contributed by atoms with Crippen molar-refractivity contribution in [1.82, 2.24) is 25.5 Å². The Morgan fingerprint density at radius 1 is 1.17 bits per heavy atom. The van der Waals surface area contributed by atoms with Crippen LogP contribution in [0.5, 0.6) is 5.75 Å². The SMILES string of the molecule is C=C(c1cnc(-c2cc3ccncc3cc2O)nn1)[C@@H]1C[C@H]2CCC[C@H](N2)[C@H]1F. The molecule has 3 aromatic rings. The van der Waals surface area contributed by atoms with Gasteiger partial charge in [-0.1, -0.05) is 13.0 Å². The molecule has 2 fully saturated rings. The van der Waals surface area contributed by atoms with Gasteiger partial charge in [0.2, 0.25) is 0 Å². The van der Waals surface area contributed by atoms with Crippen LogP contribution in [0.3, 0.4) is 0 Å². The summed E-state index contributed by atoms with van der Waals surface area (Å²) in [6.07, 6.45) is 7.71. The summed E-state index contributed by atoms with van der Waals surface area (Å²) >= 11 is 0. The number of benzene rings is 1. The molecule has 0 amide bonds. The van der Waals surface area contributed by atoms with Crippen molar-refractivity contribution in [2.75, 3.05) is 0 Å². The Bertz CT molecular complexity index is 1070. The molecule has 0 saturated carbocycles.